The molecule has 4 heteroatoms. The molecule has 0 unspecified atom stereocenters. The van der Waals surface area contributed by atoms with Gasteiger partial charge in [0.2, 0.25) is 0 Å². The second-order valence-corrected chi connectivity index (χ2v) is 4.19. The van der Waals surface area contributed by atoms with Crippen LogP contribution in [0.5, 0.6) is 11.5 Å². The van der Waals surface area contributed by atoms with Crippen molar-refractivity contribution in [1.82, 2.24) is 5.43 Å². The predicted octanol–water partition coefficient (Wildman–Crippen LogP) is 2.62. The summed E-state index contributed by atoms with van der Waals surface area (Å²) in [6.07, 6.45) is 5.17. The highest BCUT2D eigenvalue weighted by molar-refractivity contribution is 5.65. The molecule has 0 amide bonds. The molecular formula is C16H16N2O2. The highest BCUT2D eigenvalue weighted by Gasteiger charge is 1.98. The van der Waals surface area contributed by atoms with E-state index < -0.39 is 0 Å². The number of aromatic hydroxyl groups is 2. The molecule has 0 radical (unpaired) electrons. The molecule has 5 N–H and O–H groups in total. The van der Waals surface area contributed by atoms with Gasteiger partial charge in [0.15, 0.2) is 0 Å². The first-order valence-electron chi connectivity index (χ1n) is 6.13. The molecule has 0 aliphatic rings. The number of rotatable bonds is 4. The van der Waals surface area contributed by atoms with Gasteiger partial charge in [0.25, 0.3) is 0 Å². The topological polar surface area (TPSA) is 78.5 Å². The first kappa shape index (κ1) is 13.7. The summed E-state index contributed by atoms with van der Waals surface area (Å²) in [7, 11) is 0. The van der Waals surface area contributed by atoms with Crippen molar-refractivity contribution in [1.29, 1.82) is 0 Å². The standard InChI is InChI=1S/C16H16N2O2/c17-18-14(11-13-6-2-4-8-16(13)20)10-9-12-5-1-3-7-15(12)19/h1-11,18-20H,17H2. The molecule has 102 valence electrons. The van der Waals surface area contributed by atoms with Crippen LogP contribution in [-0.4, -0.2) is 10.2 Å². The average Bonchev–Trinajstić information content (AvgIpc) is 2.47. The summed E-state index contributed by atoms with van der Waals surface area (Å²) in [4.78, 5) is 0. The van der Waals surface area contributed by atoms with E-state index in [0.717, 1.165) is 0 Å². The lowest BCUT2D eigenvalue weighted by Crippen LogP contribution is -2.19. The molecule has 0 aromatic heterocycles. The van der Waals surface area contributed by atoms with Crippen molar-refractivity contribution >= 4 is 12.2 Å². The van der Waals surface area contributed by atoms with Gasteiger partial charge in [-0.1, -0.05) is 36.4 Å². The molecule has 0 aliphatic carbocycles. The van der Waals surface area contributed by atoms with Crippen molar-refractivity contribution in [2.45, 2.75) is 0 Å². The lowest BCUT2D eigenvalue weighted by atomic mass is 10.1. The Morgan fingerprint density at radius 2 is 1.45 bits per heavy atom. The van der Waals surface area contributed by atoms with Gasteiger partial charge in [0.05, 0.1) is 0 Å². The van der Waals surface area contributed by atoms with E-state index in [2.05, 4.69) is 5.43 Å². The van der Waals surface area contributed by atoms with Crippen LogP contribution in [0.1, 0.15) is 11.1 Å². The number of hydrogen-bond acceptors (Lipinski definition) is 4. The Morgan fingerprint density at radius 1 is 0.900 bits per heavy atom. The number of para-hydroxylation sites is 2. The molecule has 2 aromatic carbocycles. The summed E-state index contributed by atoms with van der Waals surface area (Å²) in [5, 5.41) is 19.4. The molecular weight excluding hydrogens is 252 g/mol. The highest BCUT2D eigenvalue weighted by atomic mass is 16.3. The third kappa shape index (κ3) is 3.40. The zero-order chi connectivity index (χ0) is 14.4. The molecule has 0 aliphatic heterocycles. The van der Waals surface area contributed by atoms with Gasteiger partial charge in [-0.05, 0) is 30.4 Å². The lowest BCUT2D eigenvalue weighted by Gasteiger charge is -2.03. The van der Waals surface area contributed by atoms with Crippen molar-refractivity contribution in [3.05, 3.63) is 71.4 Å². The Kier molecular flexibility index (Phi) is 4.42. The van der Waals surface area contributed by atoms with E-state index in [4.69, 9.17) is 5.84 Å². The minimum atomic E-state index is 0.177. The van der Waals surface area contributed by atoms with Crippen LogP contribution in [0.2, 0.25) is 0 Å². The van der Waals surface area contributed by atoms with Crippen LogP contribution in [0.25, 0.3) is 12.2 Å². The van der Waals surface area contributed by atoms with Crippen LogP contribution in [0.4, 0.5) is 0 Å². The van der Waals surface area contributed by atoms with Crippen LogP contribution in [0, 0.1) is 0 Å². The maximum atomic E-state index is 9.71. The fraction of sp³-hybridized carbons (Fsp3) is 0. The molecule has 20 heavy (non-hydrogen) atoms. The van der Waals surface area contributed by atoms with E-state index in [-0.39, 0.29) is 11.5 Å². The summed E-state index contributed by atoms with van der Waals surface area (Å²) < 4.78 is 0. The Bertz CT molecular complexity index is 648. The van der Waals surface area contributed by atoms with Crippen molar-refractivity contribution in [3.8, 4) is 11.5 Å². The summed E-state index contributed by atoms with van der Waals surface area (Å²) in [6.45, 7) is 0. The van der Waals surface area contributed by atoms with Gasteiger partial charge in [0, 0.05) is 16.8 Å². The number of benzene rings is 2. The van der Waals surface area contributed by atoms with Gasteiger partial charge >= 0.3 is 0 Å². The number of nitrogens with one attached hydrogen (secondary N) is 1. The fourth-order valence-electron chi connectivity index (χ4n) is 1.72. The number of hydrazine groups is 1. The Hall–Kier alpha value is -2.72. The monoisotopic (exact) mass is 268 g/mol. The van der Waals surface area contributed by atoms with Gasteiger partial charge < -0.3 is 15.6 Å². The van der Waals surface area contributed by atoms with Gasteiger partial charge in [-0.25, -0.2) is 0 Å². The lowest BCUT2D eigenvalue weighted by molar-refractivity contribution is 0.473. The number of phenols is 2. The molecule has 0 saturated carbocycles. The highest BCUT2D eigenvalue weighted by Crippen LogP contribution is 2.20. The van der Waals surface area contributed by atoms with E-state index in [9.17, 15) is 10.2 Å². The zero-order valence-corrected chi connectivity index (χ0v) is 10.8. The summed E-state index contributed by atoms with van der Waals surface area (Å²) in [5.74, 6) is 5.83. The van der Waals surface area contributed by atoms with Gasteiger partial charge in [-0.2, -0.15) is 0 Å². The SMILES string of the molecule is NNC(C=Cc1ccccc1O)=Cc1ccccc1O. The van der Waals surface area contributed by atoms with Gasteiger partial charge in [-0.3, -0.25) is 5.84 Å². The molecule has 4 nitrogen and oxygen atoms in total. The Labute approximate surface area is 117 Å². The first-order valence-corrected chi connectivity index (χ1v) is 6.13. The molecule has 2 rings (SSSR count). The second kappa shape index (κ2) is 6.45. The Morgan fingerprint density at radius 3 is 2.00 bits per heavy atom. The number of hydrogen-bond donors (Lipinski definition) is 4. The molecule has 0 saturated heterocycles. The molecule has 0 fully saturated rings. The predicted molar refractivity (Wildman–Crippen MR) is 80.5 cm³/mol. The van der Waals surface area contributed by atoms with Crippen molar-refractivity contribution < 1.29 is 10.2 Å². The molecule has 0 spiro atoms. The summed E-state index contributed by atoms with van der Waals surface area (Å²) in [6, 6.07) is 14.0. The minimum Gasteiger partial charge on any atom is -0.507 e. The molecule has 2 aromatic rings. The quantitative estimate of drug-likeness (QED) is 0.390. The minimum absolute atomic E-state index is 0.177. The number of nitrogens with two attached hydrogens (primary N) is 1. The summed E-state index contributed by atoms with van der Waals surface area (Å²) in [5.41, 5.74) is 4.50. The molecule has 0 atom stereocenters. The molecule has 0 heterocycles. The van der Waals surface area contributed by atoms with E-state index in [1.165, 1.54) is 0 Å². The fourth-order valence-corrected chi connectivity index (χ4v) is 1.72. The van der Waals surface area contributed by atoms with Crippen LogP contribution in [0.3, 0.4) is 0 Å². The van der Waals surface area contributed by atoms with Crippen LogP contribution >= 0.6 is 0 Å². The van der Waals surface area contributed by atoms with Crippen LogP contribution < -0.4 is 11.3 Å². The van der Waals surface area contributed by atoms with E-state index in [0.29, 0.717) is 16.8 Å². The van der Waals surface area contributed by atoms with E-state index in [1.54, 1.807) is 54.6 Å². The van der Waals surface area contributed by atoms with Crippen molar-refractivity contribution in [2.24, 2.45) is 5.84 Å². The largest absolute Gasteiger partial charge is 0.507 e. The van der Waals surface area contributed by atoms with Crippen LogP contribution in [0.15, 0.2) is 60.3 Å². The third-order valence-electron chi connectivity index (χ3n) is 2.79. The second-order valence-electron chi connectivity index (χ2n) is 4.19. The molecule has 0 bridgehead atoms. The smallest absolute Gasteiger partial charge is 0.122 e. The van der Waals surface area contributed by atoms with Gasteiger partial charge in [-0.15, -0.1) is 0 Å². The zero-order valence-electron chi connectivity index (χ0n) is 10.8. The maximum absolute atomic E-state index is 9.71. The third-order valence-corrected chi connectivity index (χ3v) is 2.79. The maximum Gasteiger partial charge on any atom is 0.122 e. The van der Waals surface area contributed by atoms with E-state index in [1.807, 2.05) is 12.1 Å². The van der Waals surface area contributed by atoms with E-state index >= 15 is 0 Å². The normalized spacial score (nSPS) is 11.8. The van der Waals surface area contributed by atoms with Gasteiger partial charge in [0.1, 0.15) is 11.5 Å². The number of phenolic OH excluding ortho intramolecular Hbond substituents is 2. The van der Waals surface area contributed by atoms with Crippen molar-refractivity contribution in [2.75, 3.05) is 0 Å². The summed E-state index contributed by atoms with van der Waals surface area (Å²) >= 11 is 0. The average molecular weight is 268 g/mol. The Balaban J connectivity index is 2.26. The number of allylic oxidation sites excluding steroid dienone is 1. The first-order chi connectivity index (χ1) is 9.70. The van der Waals surface area contributed by atoms with Crippen molar-refractivity contribution in [3.63, 3.8) is 0 Å². The van der Waals surface area contributed by atoms with Crippen LogP contribution in [-0.2, 0) is 0 Å².